The molecular weight excluding hydrogens is 222 g/mol. The number of benzene rings is 1. The number of hydrogen-bond acceptors (Lipinski definition) is 4. The molecule has 0 bridgehead atoms. The van der Waals surface area contributed by atoms with Gasteiger partial charge in [0.2, 0.25) is 0 Å². The van der Waals surface area contributed by atoms with Crippen molar-refractivity contribution in [2.75, 3.05) is 34.5 Å². The third-order valence-corrected chi connectivity index (χ3v) is 2.24. The number of methoxy groups -OCH3 is 3. The molecule has 0 aliphatic rings. The number of hydrogen-bond donors (Lipinski definition) is 1. The Bertz CT molecular complexity index is 379. The van der Waals surface area contributed by atoms with Gasteiger partial charge in [0.05, 0.1) is 20.8 Å². The molecule has 1 rings (SSSR count). The van der Waals surface area contributed by atoms with Crippen molar-refractivity contribution in [3.63, 3.8) is 0 Å². The van der Waals surface area contributed by atoms with Crippen LogP contribution in [0.5, 0.6) is 11.5 Å². The first-order valence-corrected chi connectivity index (χ1v) is 5.22. The molecule has 1 aromatic carbocycles. The summed E-state index contributed by atoms with van der Waals surface area (Å²) in [6.45, 7) is 0.961. The zero-order chi connectivity index (χ0) is 12.7. The Labute approximate surface area is 101 Å². The Morgan fingerprint density at radius 3 is 2.47 bits per heavy atom. The fourth-order valence-corrected chi connectivity index (χ4v) is 1.35. The van der Waals surface area contributed by atoms with Gasteiger partial charge < -0.3 is 19.5 Å². The first kappa shape index (κ1) is 13.3. The van der Waals surface area contributed by atoms with E-state index in [1.165, 1.54) is 7.11 Å². The van der Waals surface area contributed by atoms with Gasteiger partial charge in [-0.3, -0.25) is 4.79 Å². The second kappa shape index (κ2) is 6.75. The van der Waals surface area contributed by atoms with Gasteiger partial charge in [0.1, 0.15) is 0 Å². The van der Waals surface area contributed by atoms with Crippen molar-refractivity contribution in [1.29, 1.82) is 0 Å². The highest BCUT2D eigenvalue weighted by Crippen LogP contribution is 2.27. The molecule has 94 valence electrons. The number of carbonyl (C=O) groups excluding carboxylic acids is 1. The minimum Gasteiger partial charge on any atom is -0.493 e. The van der Waals surface area contributed by atoms with Crippen molar-refractivity contribution >= 4 is 5.91 Å². The maximum atomic E-state index is 11.7. The summed E-state index contributed by atoms with van der Waals surface area (Å²) >= 11 is 0. The Morgan fingerprint density at radius 1 is 1.18 bits per heavy atom. The molecule has 17 heavy (non-hydrogen) atoms. The molecule has 0 unspecified atom stereocenters. The molecule has 5 heteroatoms. The monoisotopic (exact) mass is 239 g/mol. The Morgan fingerprint density at radius 2 is 1.88 bits per heavy atom. The van der Waals surface area contributed by atoms with Crippen LogP contribution >= 0.6 is 0 Å². The Balaban J connectivity index is 2.74. The van der Waals surface area contributed by atoms with Gasteiger partial charge in [-0.2, -0.15) is 0 Å². The van der Waals surface area contributed by atoms with Crippen molar-refractivity contribution in [2.45, 2.75) is 0 Å². The van der Waals surface area contributed by atoms with Gasteiger partial charge in [0.15, 0.2) is 11.5 Å². The third-order valence-electron chi connectivity index (χ3n) is 2.24. The van der Waals surface area contributed by atoms with Crippen LogP contribution in [0.4, 0.5) is 0 Å². The van der Waals surface area contributed by atoms with Gasteiger partial charge in [-0.1, -0.05) is 0 Å². The molecule has 1 N–H and O–H groups in total. The summed E-state index contributed by atoms with van der Waals surface area (Å²) in [5, 5.41) is 2.73. The summed E-state index contributed by atoms with van der Waals surface area (Å²) in [6.07, 6.45) is 0. The lowest BCUT2D eigenvalue weighted by Crippen LogP contribution is -2.26. The molecule has 1 amide bonds. The number of carbonyl (C=O) groups is 1. The van der Waals surface area contributed by atoms with Gasteiger partial charge >= 0.3 is 0 Å². The van der Waals surface area contributed by atoms with E-state index in [0.717, 1.165) is 0 Å². The molecule has 0 atom stereocenters. The van der Waals surface area contributed by atoms with Gasteiger partial charge in [-0.25, -0.2) is 0 Å². The van der Waals surface area contributed by atoms with Crippen LogP contribution in [0.3, 0.4) is 0 Å². The van der Waals surface area contributed by atoms with E-state index in [4.69, 9.17) is 14.2 Å². The van der Waals surface area contributed by atoms with Crippen LogP contribution in [0.1, 0.15) is 10.4 Å². The van der Waals surface area contributed by atoms with Gasteiger partial charge in [0, 0.05) is 19.2 Å². The molecular formula is C12H17NO4. The molecule has 0 aromatic heterocycles. The normalized spacial score (nSPS) is 9.82. The van der Waals surface area contributed by atoms with Crippen LogP contribution in [0, 0.1) is 0 Å². The second-order valence-corrected chi connectivity index (χ2v) is 3.32. The molecule has 1 aromatic rings. The predicted molar refractivity (Wildman–Crippen MR) is 63.8 cm³/mol. The zero-order valence-corrected chi connectivity index (χ0v) is 10.3. The number of ether oxygens (including phenoxy) is 3. The van der Waals surface area contributed by atoms with Crippen molar-refractivity contribution in [3.8, 4) is 11.5 Å². The van der Waals surface area contributed by atoms with E-state index in [1.807, 2.05) is 0 Å². The summed E-state index contributed by atoms with van der Waals surface area (Å²) < 4.78 is 15.1. The maximum Gasteiger partial charge on any atom is 0.251 e. The Hall–Kier alpha value is -1.75. The first-order valence-electron chi connectivity index (χ1n) is 5.22. The SMILES string of the molecule is COCCNC(=O)c1ccc(OC)c(OC)c1. The van der Waals surface area contributed by atoms with Crippen LogP contribution in [0.15, 0.2) is 18.2 Å². The highest BCUT2D eigenvalue weighted by molar-refractivity contribution is 5.94. The van der Waals surface area contributed by atoms with E-state index in [1.54, 1.807) is 32.4 Å². The molecule has 0 aliphatic carbocycles. The van der Waals surface area contributed by atoms with E-state index in [0.29, 0.717) is 30.2 Å². The fourth-order valence-electron chi connectivity index (χ4n) is 1.35. The highest BCUT2D eigenvalue weighted by atomic mass is 16.5. The molecule has 0 spiro atoms. The van der Waals surface area contributed by atoms with Crippen LogP contribution in [-0.4, -0.2) is 40.4 Å². The maximum absolute atomic E-state index is 11.7. The largest absolute Gasteiger partial charge is 0.493 e. The lowest BCUT2D eigenvalue weighted by atomic mass is 10.2. The molecule has 0 aliphatic heterocycles. The summed E-state index contributed by atoms with van der Waals surface area (Å²) in [4.78, 5) is 11.7. The van der Waals surface area contributed by atoms with Crippen LogP contribution < -0.4 is 14.8 Å². The average molecular weight is 239 g/mol. The molecule has 0 saturated carbocycles. The van der Waals surface area contributed by atoms with Crippen molar-refractivity contribution in [1.82, 2.24) is 5.32 Å². The zero-order valence-electron chi connectivity index (χ0n) is 10.3. The standard InChI is InChI=1S/C12H17NO4/c1-15-7-6-13-12(14)9-4-5-10(16-2)11(8-9)17-3/h4-5,8H,6-7H2,1-3H3,(H,13,14). The van der Waals surface area contributed by atoms with Crippen molar-refractivity contribution in [3.05, 3.63) is 23.8 Å². The lowest BCUT2D eigenvalue weighted by Gasteiger charge is -2.09. The summed E-state index contributed by atoms with van der Waals surface area (Å²) in [5.74, 6) is 0.968. The van der Waals surface area contributed by atoms with Gasteiger partial charge in [-0.15, -0.1) is 0 Å². The minimum atomic E-state index is -0.164. The quantitative estimate of drug-likeness (QED) is 0.755. The molecule has 0 radical (unpaired) electrons. The van der Waals surface area contributed by atoms with Crippen LogP contribution in [-0.2, 0) is 4.74 Å². The average Bonchev–Trinajstić information content (AvgIpc) is 2.38. The predicted octanol–water partition coefficient (Wildman–Crippen LogP) is 1.08. The van der Waals surface area contributed by atoms with Gasteiger partial charge in [0.25, 0.3) is 5.91 Å². The fraction of sp³-hybridized carbons (Fsp3) is 0.417. The summed E-state index contributed by atoms with van der Waals surface area (Å²) in [5.41, 5.74) is 0.527. The topological polar surface area (TPSA) is 56.8 Å². The molecule has 0 saturated heterocycles. The van der Waals surface area contributed by atoms with E-state index in [2.05, 4.69) is 5.32 Å². The summed E-state index contributed by atoms with van der Waals surface area (Å²) in [6, 6.07) is 5.02. The smallest absolute Gasteiger partial charge is 0.251 e. The van der Waals surface area contributed by atoms with Crippen LogP contribution in [0.2, 0.25) is 0 Å². The number of rotatable bonds is 6. The van der Waals surface area contributed by atoms with E-state index >= 15 is 0 Å². The molecule has 5 nitrogen and oxygen atoms in total. The first-order chi connectivity index (χ1) is 8.22. The summed E-state index contributed by atoms with van der Waals surface area (Å²) in [7, 11) is 4.67. The van der Waals surface area contributed by atoms with E-state index in [-0.39, 0.29) is 5.91 Å². The Kier molecular flexibility index (Phi) is 5.29. The second-order valence-electron chi connectivity index (χ2n) is 3.32. The minimum absolute atomic E-state index is 0.164. The highest BCUT2D eigenvalue weighted by Gasteiger charge is 2.09. The molecule has 0 heterocycles. The molecule has 0 fully saturated rings. The van der Waals surface area contributed by atoms with Gasteiger partial charge in [-0.05, 0) is 18.2 Å². The third kappa shape index (κ3) is 3.64. The lowest BCUT2D eigenvalue weighted by molar-refractivity contribution is 0.0936. The van der Waals surface area contributed by atoms with E-state index < -0.39 is 0 Å². The van der Waals surface area contributed by atoms with Crippen molar-refractivity contribution in [2.24, 2.45) is 0 Å². The number of nitrogens with one attached hydrogen (secondary N) is 1. The van der Waals surface area contributed by atoms with Crippen LogP contribution in [0.25, 0.3) is 0 Å². The number of amides is 1. The van der Waals surface area contributed by atoms with Crippen molar-refractivity contribution < 1.29 is 19.0 Å². The van der Waals surface area contributed by atoms with E-state index in [9.17, 15) is 4.79 Å².